The highest BCUT2D eigenvalue weighted by Crippen LogP contribution is 2.15. The molecule has 1 heterocycles. The molecule has 24 heavy (non-hydrogen) atoms. The van der Waals surface area contributed by atoms with E-state index in [1.165, 1.54) is 0 Å². The van der Waals surface area contributed by atoms with Crippen LogP contribution in [-0.2, 0) is 0 Å². The lowest BCUT2D eigenvalue weighted by atomic mass is 10.3. The monoisotopic (exact) mass is 314 g/mol. The summed E-state index contributed by atoms with van der Waals surface area (Å²) in [4.78, 5) is 4.12. The summed E-state index contributed by atoms with van der Waals surface area (Å²) in [5, 5.41) is 3.32. The van der Waals surface area contributed by atoms with E-state index in [1.54, 1.807) is 0 Å². The molecule has 0 atom stereocenters. The van der Waals surface area contributed by atoms with Gasteiger partial charge in [0.25, 0.3) is 0 Å². The molecule has 0 fully saturated rings. The highest BCUT2D eigenvalue weighted by molar-refractivity contribution is 5.37. The number of aromatic amines is 1. The molecule has 3 aromatic carbocycles. The summed E-state index contributed by atoms with van der Waals surface area (Å²) >= 11 is 0. The SMILES string of the molecule is c1ccc(-n2cc[nH]n(-c3ccccc3)n2-c2ccccc2)cc1. The summed E-state index contributed by atoms with van der Waals surface area (Å²) in [5.74, 6) is 0. The Morgan fingerprint density at radius 1 is 0.542 bits per heavy atom. The normalized spacial score (nSPS) is 10.5. The van der Waals surface area contributed by atoms with Gasteiger partial charge in [-0.1, -0.05) is 54.6 Å². The molecule has 0 bridgehead atoms. The predicted octanol–water partition coefficient (Wildman–Crippen LogP) is 4.51. The standard InChI is InChI=1S/C20H18N4/c1-4-10-18(11-5-1)22-17-16-21-23(19-12-6-2-7-13-19)24(22)20-14-8-3-9-15-20/h1-17,21H. The van der Waals surface area contributed by atoms with E-state index in [2.05, 4.69) is 51.0 Å². The molecule has 0 unspecified atom stereocenters. The summed E-state index contributed by atoms with van der Waals surface area (Å²) in [5.41, 5.74) is 3.19. The number of nitrogens with one attached hydrogen (secondary N) is 1. The maximum Gasteiger partial charge on any atom is 0.0839 e. The van der Waals surface area contributed by atoms with E-state index < -0.39 is 0 Å². The fraction of sp³-hybridized carbons (Fsp3) is 0. The molecule has 4 nitrogen and oxygen atoms in total. The second-order valence-corrected chi connectivity index (χ2v) is 5.40. The first kappa shape index (κ1) is 14.2. The number of para-hydroxylation sites is 3. The molecule has 0 aliphatic rings. The number of nitrogens with zero attached hydrogens (tertiary/aromatic N) is 3. The summed E-state index contributed by atoms with van der Waals surface area (Å²) in [6.07, 6.45) is 3.95. The predicted molar refractivity (Wildman–Crippen MR) is 96.4 cm³/mol. The molecule has 0 saturated heterocycles. The van der Waals surface area contributed by atoms with E-state index in [1.807, 2.05) is 71.8 Å². The Hall–Kier alpha value is -3.40. The van der Waals surface area contributed by atoms with Crippen molar-refractivity contribution in [3.8, 4) is 17.1 Å². The van der Waals surface area contributed by atoms with Crippen LogP contribution in [0.1, 0.15) is 0 Å². The van der Waals surface area contributed by atoms with E-state index in [0.29, 0.717) is 0 Å². The van der Waals surface area contributed by atoms with Crippen molar-refractivity contribution in [1.82, 2.24) is 19.4 Å². The Balaban J connectivity index is 2.02. The van der Waals surface area contributed by atoms with Crippen molar-refractivity contribution in [2.75, 3.05) is 0 Å². The number of hydrogen-bond acceptors (Lipinski definition) is 0. The van der Waals surface area contributed by atoms with Crippen molar-refractivity contribution in [2.24, 2.45) is 0 Å². The second kappa shape index (κ2) is 6.38. The number of hydrogen-bond donors (Lipinski definition) is 1. The Morgan fingerprint density at radius 3 is 1.62 bits per heavy atom. The van der Waals surface area contributed by atoms with Crippen molar-refractivity contribution in [1.29, 1.82) is 0 Å². The zero-order valence-electron chi connectivity index (χ0n) is 13.2. The van der Waals surface area contributed by atoms with Gasteiger partial charge in [0, 0.05) is 12.4 Å². The molecule has 4 rings (SSSR count). The van der Waals surface area contributed by atoms with Crippen molar-refractivity contribution in [2.45, 2.75) is 0 Å². The van der Waals surface area contributed by atoms with Gasteiger partial charge >= 0.3 is 0 Å². The number of H-pyrrole nitrogens is 1. The molecule has 0 saturated carbocycles. The summed E-state index contributed by atoms with van der Waals surface area (Å²) in [7, 11) is 0. The van der Waals surface area contributed by atoms with Crippen molar-refractivity contribution in [3.05, 3.63) is 103 Å². The molecular formula is C20H18N4. The summed E-state index contributed by atoms with van der Waals surface area (Å²) in [6, 6.07) is 30.8. The lowest BCUT2D eigenvalue weighted by Gasteiger charge is -2.23. The largest absolute Gasteiger partial charge is 0.284 e. The van der Waals surface area contributed by atoms with Crippen molar-refractivity contribution in [3.63, 3.8) is 0 Å². The number of aromatic nitrogens is 4. The first-order valence-electron chi connectivity index (χ1n) is 7.91. The van der Waals surface area contributed by atoms with Crippen LogP contribution in [0, 0.1) is 0 Å². The van der Waals surface area contributed by atoms with Gasteiger partial charge in [-0.15, -0.1) is 0 Å². The van der Waals surface area contributed by atoms with Crippen molar-refractivity contribution >= 4 is 0 Å². The van der Waals surface area contributed by atoms with Crippen LogP contribution in [0.2, 0.25) is 0 Å². The van der Waals surface area contributed by atoms with Crippen LogP contribution in [0.5, 0.6) is 0 Å². The van der Waals surface area contributed by atoms with Crippen LogP contribution in [-0.4, -0.2) is 19.4 Å². The Kier molecular flexibility index (Phi) is 3.78. The Bertz CT molecular complexity index is 881. The first-order valence-corrected chi connectivity index (χ1v) is 7.91. The molecular weight excluding hydrogens is 296 g/mol. The van der Waals surface area contributed by atoms with Gasteiger partial charge < -0.3 is 0 Å². The van der Waals surface area contributed by atoms with Gasteiger partial charge in [0.15, 0.2) is 0 Å². The zero-order chi connectivity index (χ0) is 16.2. The van der Waals surface area contributed by atoms with Crippen LogP contribution in [0.4, 0.5) is 0 Å². The minimum atomic E-state index is 1.05. The van der Waals surface area contributed by atoms with Crippen molar-refractivity contribution < 1.29 is 0 Å². The fourth-order valence-corrected chi connectivity index (χ4v) is 2.72. The molecule has 0 radical (unpaired) electrons. The van der Waals surface area contributed by atoms with Crippen LogP contribution in [0.3, 0.4) is 0 Å². The third-order valence-electron chi connectivity index (χ3n) is 3.81. The molecule has 118 valence electrons. The molecule has 0 aliphatic heterocycles. The molecule has 4 aromatic rings. The Morgan fingerprint density at radius 2 is 1.04 bits per heavy atom. The van der Waals surface area contributed by atoms with Crippen LogP contribution in [0.25, 0.3) is 17.1 Å². The maximum absolute atomic E-state index is 3.32. The molecule has 1 aromatic heterocycles. The van der Waals surface area contributed by atoms with Gasteiger partial charge in [0.1, 0.15) is 0 Å². The molecule has 1 N–H and O–H groups in total. The fourth-order valence-electron chi connectivity index (χ4n) is 2.72. The third-order valence-corrected chi connectivity index (χ3v) is 3.81. The summed E-state index contributed by atoms with van der Waals surface area (Å²) < 4.78 is 2.11. The molecule has 0 spiro atoms. The smallest absolute Gasteiger partial charge is 0.0839 e. The number of benzene rings is 3. The van der Waals surface area contributed by atoms with Gasteiger partial charge in [-0.2, -0.15) is 9.59 Å². The van der Waals surface area contributed by atoms with Gasteiger partial charge in [0.2, 0.25) is 0 Å². The topological polar surface area (TPSA) is 30.6 Å². The van der Waals surface area contributed by atoms with E-state index in [4.69, 9.17) is 0 Å². The van der Waals surface area contributed by atoms with Gasteiger partial charge in [-0.3, -0.25) is 5.10 Å². The second-order valence-electron chi connectivity index (χ2n) is 5.40. The van der Waals surface area contributed by atoms with E-state index in [-0.39, 0.29) is 0 Å². The van der Waals surface area contributed by atoms with Crippen LogP contribution < -0.4 is 0 Å². The van der Waals surface area contributed by atoms with Gasteiger partial charge in [-0.25, -0.2) is 4.68 Å². The third kappa shape index (κ3) is 2.65. The van der Waals surface area contributed by atoms with Gasteiger partial charge in [0.05, 0.1) is 17.1 Å². The maximum atomic E-state index is 3.32. The molecule has 0 amide bonds. The van der Waals surface area contributed by atoms with E-state index in [9.17, 15) is 0 Å². The van der Waals surface area contributed by atoms with E-state index >= 15 is 0 Å². The lowest BCUT2D eigenvalue weighted by molar-refractivity contribution is 0.484. The number of rotatable bonds is 3. The first-order chi connectivity index (χ1) is 11.9. The molecule has 0 aliphatic carbocycles. The summed E-state index contributed by atoms with van der Waals surface area (Å²) in [6.45, 7) is 0. The quantitative estimate of drug-likeness (QED) is 0.577. The Labute approximate surface area is 140 Å². The minimum absolute atomic E-state index is 1.05. The lowest BCUT2D eigenvalue weighted by Crippen LogP contribution is -2.24. The molecule has 4 heteroatoms. The zero-order valence-corrected chi connectivity index (χ0v) is 13.2. The van der Waals surface area contributed by atoms with E-state index in [0.717, 1.165) is 17.1 Å². The average Bonchev–Trinajstić information content (AvgIpc) is 2.69. The highest BCUT2D eigenvalue weighted by atomic mass is 15.7. The van der Waals surface area contributed by atoms with Crippen LogP contribution >= 0.6 is 0 Å². The van der Waals surface area contributed by atoms with Gasteiger partial charge in [-0.05, 0) is 36.4 Å². The minimum Gasteiger partial charge on any atom is -0.284 e. The average molecular weight is 314 g/mol. The highest BCUT2D eigenvalue weighted by Gasteiger charge is 2.07. The van der Waals surface area contributed by atoms with Crippen LogP contribution in [0.15, 0.2) is 103 Å².